The molecule has 1 aromatic carbocycles. The summed E-state index contributed by atoms with van der Waals surface area (Å²) >= 11 is 0. The summed E-state index contributed by atoms with van der Waals surface area (Å²) in [4.78, 5) is 13.9. The van der Waals surface area contributed by atoms with E-state index in [9.17, 15) is 4.79 Å². The van der Waals surface area contributed by atoms with E-state index in [1.807, 2.05) is 12.1 Å². The zero-order valence-corrected chi connectivity index (χ0v) is 11.8. The minimum absolute atomic E-state index is 0.0285. The number of fused-ring (bicyclic) bond motifs is 1. The highest BCUT2D eigenvalue weighted by Gasteiger charge is 2.21. The number of hydrogen-bond acceptors (Lipinski definition) is 3. The van der Waals surface area contributed by atoms with Crippen molar-refractivity contribution in [3.8, 4) is 0 Å². The molecule has 0 saturated heterocycles. The van der Waals surface area contributed by atoms with Gasteiger partial charge in [0, 0.05) is 18.8 Å². The van der Waals surface area contributed by atoms with Crippen LogP contribution in [-0.2, 0) is 17.9 Å². The molecule has 0 spiro atoms. The van der Waals surface area contributed by atoms with Crippen LogP contribution in [0.5, 0.6) is 0 Å². The van der Waals surface area contributed by atoms with E-state index in [0.717, 1.165) is 31.2 Å². The molecule has 0 bridgehead atoms. The highest BCUT2D eigenvalue weighted by atomic mass is 16.1. The van der Waals surface area contributed by atoms with E-state index in [1.54, 1.807) is 0 Å². The molecule has 4 nitrogen and oxygen atoms in total. The first kappa shape index (κ1) is 14.0. The molecule has 4 heteroatoms. The van der Waals surface area contributed by atoms with Crippen LogP contribution in [0.1, 0.15) is 31.4 Å². The smallest absolute Gasteiger partial charge is 0.238 e. The number of amides is 1. The molecule has 0 aromatic heterocycles. The minimum atomic E-state index is -0.131. The molecule has 1 aliphatic heterocycles. The van der Waals surface area contributed by atoms with Gasteiger partial charge in [0.15, 0.2) is 0 Å². The van der Waals surface area contributed by atoms with Gasteiger partial charge in [-0.15, -0.1) is 0 Å². The Morgan fingerprint density at radius 2 is 2.21 bits per heavy atom. The van der Waals surface area contributed by atoms with Crippen molar-refractivity contribution >= 4 is 11.6 Å². The van der Waals surface area contributed by atoms with Crippen LogP contribution in [0.25, 0.3) is 0 Å². The molecule has 1 amide bonds. The van der Waals surface area contributed by atoms with Crippen molar-refractivity contribution < 1.29 is 4.79 Å². The molecular formula is C15H23N3O. The SMILES string of the molecule is CC(C)CCN1Cc2cccc(NC(=O)CN)c2C1. The molecule has 19 heavy (non-hydrogen) atoms. The van der Waals surface area contributed by atoms with Crippen LogP contribution in [0.4, 0.5) is 5.69 Å². The number of benzene rings is 1. The summed E-state index contributed by atoms with van der Waals surface area (Å²) in [6, 6.07) is 6.10. The maximum atomic E-state index is 11.4. The van der Waals surface area contributed by atoms with Crippen LogP contribution in [0.2, 0.25) is 0 Å². The van der Waals surface area contributed by atoms with Gasteiger partial charge >= 0.3 is 0 Å². The van der Waals surface area contributed by atoms with E-state index in [4.69, 9.17) is 5.73 Å². The molecule has 104 valence electrons. The second kappa shape index (κ2) is 6.17. The third-order valence-electron chi connectivity index (χ3n) is 3.53. The Kier molecular flexibility index (Phi) is 4.56. The van der Waals surface area contributed by atoms with Crippen molar-refractivity contribution in [3.63, 3.8) is 0 Å². The molecule has 1 aromatic rings. The average molecular weight is 261 g/mol. The third-order valence-corrected chi connectivity index (χ3v) is 3.53. The Morgan fingerprint density at radius 3 is 2.89 bits per heavy atom. The van der Waals surface area contributed by atoms with E-state index in [1.165, 1.54) is 17.5 Å². The van der Waals surface area contributed by atoms with E-state index in [-0.39, 0.29) is 12.5 Å². The predicted molar refractivity (Wildman–Crippen MR) is 77.7 cm³/mol. The van der Waals surface area contributed by atoms with Gasteiger partial charge in [-0.05, 0) is 36.1 Å². The van der Waals surface area contributed by atoms with Crippen LogP contribution < -0.4 is 11.1 Å². The summed E-state index contributed by atoms with van der Waals surface area (Å²) in [6.45, 7) is 7.53. The van der Waals surface area contributed by atoms with Crippen molar-refractivity contribution in [2.75, 3.05) is 18.4 Å². The van der Waals surface area contributed by atoms with Crippen LogP contribution in [0.15, 0.2) is 18.2 Å². The summed E-state index contributed by atoms with van der Waals surface area (Å²) in [5, 5.41) is 2.89. The van der Waals surface area contributed by atoms with Crippen LogP contribution in [0, 0.1) is 5.92 Å². The lowest BCUT2D eigenvalue weighted by Crippen LogP contribution is -2.23. The number of hydrogen-bond donors (Lipinski definition) is 2. The molecule has 0 aliphatic carbocycles. The van der Waals surface area contributed by atoms with Gasteiger partial charge < -0.3 is 11.1 Å². The molecule has 0 unspecified atom stereocenters. The second-order valence-corrected chi connectivity index (χ2v) is 5.59. The molecule has 0 saturated carbocycles. The second-order valence-electron chi connectivity index (χ2n) is 5.59. The largest absolute Gasteiger partial charge is 0.325 e. The number of anilines is 1. The van der Waals surface area contributed by atoms with Crippen LogP contribution >= 0.6 is 0 Å². The number of nitrogens with two attached hydrogens (primary N) is 1. The lowest BCUT2D eigenvalue weighted by Gasteiger charge is -2.16. The van der Waals surface area contributed by atoms with Gasteiger partial charge in [0.1, 0.15) is 0 Å². The summed E-state index contributed by atoms with van der Waals surface area (Å²) in [7, 11) is 0. The van der Waals surface area contributed by atoms with Gasteiger partial charge in [0.2, 0.25) is 5.91 Å². The fraction of sp³-hybridized carbons (Fsp3) is 0.533. The Bertz CT molecular complexity index is 457. The van der Waals surface area contributed by atoms with Gasteiger partial charge in [-0.2, -0.15) is 0 Å². The van der Waals surface area contributed by atoms with Crippen molar-refractivity contribution in [2.24, 2.45) is 11.7 Å². The molecule has 1 aliphatic rings. The number of nitrogens with one attached hydrogen (secondary N) is 1. The predicted octanol–water partition coefficient (Wildman–Crippen LogP) is 1.95. The first-order valence-electron chi connectivity index (χ1n) is 6.93. The van der Waals surface area contributed by atoms with Crippen molar-refractivity contribution in [1.82, 2.24) is 4.90 Å². The monoisotopic (exact) mass is 261 g/mol. The van der Waals surface area contributed by atoms with Crippen molar-refractivity contribution in [3.05, 3.63) is 29.3 Å². The van der Waals surface area contributed by atoms with Gasteiger partial charge in [-0.3, -0.25) is 9.69 Å². The van der Waals surface area contributed by atoms with Gasteiger partial charge in [0.25, 0.3) is 0 Å². The fourth-order valence-electron chi connectivity index (χ4n) is 2.41. The zero-order chi connectivity index (χ0) is 13.8. The van der Waals surface area contributed by atoms with Gasteiger partial charge in [-0.25, -0.2) is 0 Å². The number of rotatable bonds is 5. The summed E-state index contributed by atoms with van der Waals surface area (Å²) in [5.41, 5.74) is 8.83. The highest BCUT2D eigenvalue weighted by Crippen LogP contribution is 2.29. The maximum absolute atomic E-state index is 11.4. The molecule has 1 heterocycles. The number of nitrogens with zero attached hydrogens (tertiary/aromatic N) is 1. The third kappa shape index (κ3) is 3.55. The number of carbonyl (C=O) groups is 1. The highest BCUT2D eigenvalue weighted by molar-refractivity contribution is 5.93. The first-order chi connectivity index (χ1) is 9.10. The van der Waals surface area contributed by atoms with Crippen LogP contribution in [0.3, 0.4) is 0 Å². The molecule has 0 atom stereocenters. The lowest BCUT2D eigenvalue weighted by molar-refractivity contribution is -0.114. The van der Waals surface area contributed by atoms with E-state index in [0.29, 0.717) is 0 Å². The summed E-state index contributed by atoms with van der Waals surface area (Å²) in [6.07, 6.45) is 1.21. The summed E-state index contributed by atoms with van der Waals surface area (Å²) < 4.78 is 0. The maximum Gasteiger partial charge on any atom is 0.238 e. The number of carbonyl (C=O) groups excluding carboxylic acids is 1. The Hall–Kier alpha value is -1.39. The topological polar surface area (TPSA) is 58.4 Å². The Labute approximate surface area is 115 Å². The lowest BCUT2D eigenvalue weighted by atomic mass is 10.1. The summed E-state index contributed by atoms with van der Waals surface area (Å²) in [5.74, 6) is 0.592. The van der Waals surface area contributed by atoms with Gasteiger partial charge in [-0.1, -0.05) is 26.0 Å². The normalized spacial score (nSPS) is 14.7. The standard InChI is InChI=1S/C15H23N3O/c1-11(2)6-7-18-9-12-4-3-5-14(13(12)10-18)17-15(19)8-16/h3-5,11H,6-10,16H2,1-2H3,(H,17,19). The fourth-order valence-corrected chi connectivity index (χ4v) is 2.41. The van der Waals surface area contributed by atoms with Crippen LogP contribution in [-0.4, -0.2) is 23.9 Å². The Morgan fingerprint density at radius 1 is 1.42 bits per heavy atom. The van der Waals surface area contributed by atoms with Crippen molar-refractivity contribution in [2.45, 2.75) is 33.4 Å². The van der Waals surface area contributed by atoms with E-state index < -0.39 is 0 Å². The molecule has 0 radical (unpaired) electrons. The minimum Gasteiger partial charge on any atom is -0.325 e. The zero-order valence-electron chi connectivity index (χ0n) is 11.8. The molecule has 0 fully saturated rings. The van der Waals surface area contributed by atoms with E-state index in [2.05, 4.69) is 30.1 Å². The average Bonchev–Trinajstić information content (AvgIpc) is 2.80. The quantitative estimate of drug-likeness (QED) is 0.851. The van der Waals surface area contributed by atoms with E-state index >= 15 is 0 Å². The first-order valence-corrected chi connectivity index (χ1v) is 6.93. The van der Waals surface area contributed by atoms with Gasteiger partial charge in [0.05, 0.1) is 6.54 Å². The molecular weight excluding hydrogens is 238 g/mol. The van der Waals surface area contributed by atoms with Crippen molar-refractivity contribution in [1.29, 1.82) is 0 Å². The Balaban J connectivity index is 2.05. The molecule has 2 rings (SSSR count). The molecule has 3 N–H and O–H groups in total.